The van der Waals surface area contributed by atoms with Crippen LogP contribution in [0.2, 0.25) is 10.0 Å². The molecular formula is C31H33Cl2F3N2O7. The average molecular weight is 674 g/mol. The number of carboxylic acids is 1. The highest BCUT2D eigenvalue weighted by atomic mass is 35.5. The van der Waals surface area contributed by atoms with Crippen molar-refractivity contribution in [3.8, 4) is 11.5 Å². The number of rotatable bonds is 17. The second-order valence-electron chi connectivity index (χ2n) is 9.65. The first-order valence-corrected chi connectivity index (χ1v) is 14.7. The van der Waals surface area contributed by atoms with Gasteiger partial charge in [0, 0.05) is 41.9 Å². The van der Waals surface area contributed by atoms with Gasteiger partial charge in [0.25, 0.3) is 0 Å². The number of carbonyl (C=O) groups is 2. The fraction of sp³-hybridized carbons (Fsp3) is 0.355. The number of hydrogen-bond donors (Lipinski definition) is 2. The molecule has 0 heterocycles. The van der Waals surface area contributed by atoms with Gasteiger partial charge in [-0.25, -0.2) is 9.59 Å². The summed E-state index contributed by atoms with van der Waals surface area (Å²) in [6.07, 6.45) is -5.10. The molecular weight excluding hydrogens is 640 g/mol. The SMILES string of the molecule is CCOC(Cc1ccc(OCCN(CCCOCc2cc(Cl)cc(Cl)c2)C(=O)Nc2ccc(OC(F)(F)F)cc2)cc1)C(=O)O. The Morgan fingerprint density at radius 2 is 1.56 bits per heavy atom. The van der Waals surface area contributed by atoms with Crippen molar-refractivity contribution < 1.29 is 46.8 Å². The highest BCUT2D eigenvalue weighted by molar-refractivity contribution is 6.34. The Bertz CT molecular complexity index is 1360. The molecule has 3 rings (SSSR count). The van der Waals surface area contributed by atoms with Gasteiger partial charge in [0.1, 0.15) is 18.1 Å². The first-order valence-electron chi connectivity index (χ1n) is 13.9. The first kappa shape index (κ1) is 35.8. The molecule has 1 unspecified atom stereocenters. The summed E-state index contributed by atoms with van der Waals surface area (Å²) in [4.78, 5) is 25.9. The van der Waals surface area contributed by atoms with Gasteiger partial charge in [0.05, 0.1) is 13.2 Å². The van der Waals surface area contributed by atoms with Crippen LogP contribution in [0.1, 0.15) is 24.5 Å². The summed E-state index contributed by atoms with van der Waals surface area (Å²) in [6.45, 7) is 3.19. The fourth-order valence-electron chi connectivity index (χ4n) is 4.13. The van der Waals surface area contributed by atoms with Crippen molar-refractivity contribution in [2.24, 2.45) is 0 Å². The molecule has 0 aliphatic carbocycles. The highest BCUT2D eigenvalue weighted by Gasteiger charge is 2.31. The van der Waals surface area contributed by atoms with Gasteiger partial charge in [0.15, 0.2) is 6.10 Å². The lowest BCUT2D eigenvalue weighted by atomic mass is 10.1. The molecule has 0 saturated heterocycles. The van der Waals surface area contributed by atoms with Crippen molar-refractivity contribution in [3.63, 3.8) is 0 Å². The number of ether oxygens (including phenoxy) is 4. The van der Waals surface area contributed by atoms with Crippen LogP contribution in [0.4, 0.5) is 23.7 Å². The lowest BCUT2D eigenvalue weighted by molar-refractivity contribution is -0.274. The van der Waals surface area contributed by atoms with Crippen molar-refractivity contribution in [3.05, 3.63) is 87.9 Å². The smallest absolute Gasteiger partial charge is 0.492 e. The zero-order valence-corrected chi connectivity index (χ0v) is 25.8. The molecule has 0 aliphatic rings. The van der Waals surface area contributed by atoms with Crippen molar-refractivity contribution >= 4 is 40.9 Å². The van der Waals surface area contributed by atoms with Gasteiger partial charge < -0.3 is 34.3 Å². The Morgan fingerprint density at radius 3 is 2.16 bits per heavy atom. The second kappa shape index (κ2) is 17.7. The average Bonchev–Trinajstić information content (AvgIpc) is 2.96. The summed E-state index contributed by atoms with van der Waals surface area (Å²) < 4.78 is 58.1. The van der Waals surface area contributed by atoms with Crippen LogP contribution in [0.25, 0.3) is 0 Å². The number of amides is 2. The monoisotopic (exact) mass is 672 g/mol. The molecule has 0 aliphatic heterocycles. The number of nitrogens with one attached hydrogen (secondary N) is 1. The van der Waals surface area contributed by atoms with Crippen LogP contribution in [0, 0.1) is 0 Å². The minimum absolute atomic E-state index is 0.129. The molecule has 14 heteroatoms. The van der Waals surface area contributed by atoms with Crippen LogP contribution >= 0.6 is 23.2 Å². The van der Waals surface area contributed by atoms with E-state index in [1.807, 2.05) is 0 Å². The Labute approximate surface area is 268 Å². The van der Waals surface area contributed by atoms with Gasteiger partial charge in [-0.2, -0.15) is 0 Å². The van der Waals surface area contributed by atoms with Gasteiger partial charge >= 0.3 is 18.4 Å². The molecule has 0 radical (unpaired) electrons. The number of nitrogens with zero attached hydrogens (tertiary/aromatic N) is 1. The largest absolute Gasteiger partial charge is 0.573 e. The number of aliphatic carboxylic acids is 1. The molecule has 244 valence electrons. The summed E-state index contributed by atoms with van der Waals surface area (Å²) in [5.41, 5.74) is 1.84. The van der Waals surface area contributed by atoms with Crippen LogP contribution in [-0.2, 0) is 27.3 Å². The van der Waals surface area contributed by atoms with E-state index in [1.165, 1.54) is 17.0 Å². The summed E-state index contributed by atoms with van der Waals surface area (Å²) in [7, 11) is 0. The van der Waals surface area contributed by atoms with Crippen LogP contribution in [0.5, 0.6) is 11.5 Å². The molecule has 45 heavy (non-hydrogen) atoms. The fourth-order valence-corrected chi connectivity index (χ4v) is 4.70. The minimum Gasteiger partial charge on any atom is -0.492 e. The molecule has 3 aromatic carbocycles. The van der Waals surface area contributed by atoms with Gasteiger partial charge in [-0.15, -0.1) is 13.2 Å². The summed E-state index contributed by atoms with van der Waals surface area (Å²) in [5, 5.41) is 12.9. The summed E-state index contributed by atoms with van der Waals surface area (Å²) in [5.74, 6) is -0.933. The maximum Gasteiger partial charge on any atom is 0.573 e. The Balaban J connectivity index is 1.56. The topological polar surface area (TPSA) is 107 Å². The lowest BCUT2D eigenvalue weighted by Gasteiger charge is -2.23. The number of urea groups is 1. The quantitative estimate of drug-likeness (QED) is 0.144. The molecule has 9 nitrogen and oxygen atoms in total. The van der Waals surface area contributed by atoms with Gasteiger partial charge in [-0.05, 0) is 79.1 Å². The number of benzene rings is 3. The van der Waals surface area contributed by atoms with Crippen molar-refractivity contribution in [1.82, 2.24) is 4.90 Å². The summed E-state index contributed by atoms with van der Waals surface area (Å²) in [6, 6.07) is 16.3. The third-order valence-electron chi connectivity index (χ3n) is 6.15. The first-order chi connectivity index (χ1) is 21.4. The third kappa shape index (κ3) is 13.4. The van der Waals surface area contributed by atoms with E-state index in [2.05, 4.69) is 10.1 Å². The van der Waals surface area contributed by atoms with Crippen LogP contribution in [-0.4, -0.2) is 67.4 Å². The van der Waals surface area contributed by atoms with Gasteiger partial charge in [-0.3, -0.25) is 0 Å². The van der Waals surface area contributed by atoms with Crippen molar-refractivity contribution in [1.29, 1.82) is 0 Å². The molecule has 1 atom stereocenters. The molecule has 0 saturated carbocycles. The third-order valence-corrected chi connectivity index (χ3v) is 6.59. The molecule has 0 bridgehead atoms. The number of carbonyl (C=O) groups excluding carboxylic acids is 1. The molecule has 2 amide bonds. The standard InChI is InChI=1S/C31H33Cl2F3N2O7/c1-2-43-28(29(39)40)18-21-4-8-26(9-5-21)44-15-13-38(12-3-14-42-20-22-16-23(32)19-24(33)17-22)30(41)37-25-6-10-27(11-7-25)45-31(34,35)36/h4-11,16-17,19,28H,2-3,12-15,18,20H2,1H3,(H,37,41)(H,39,40). The number of hydrogen-bond acceptors (Lipinski definition) is 6. The molecule has 3 aromatic rings. The number of halogens is 5. The minimum atomic E-state index is -4.83. The highest BCUT2D eigenvalue weighted by Crippen LogP contribution is 2.24. The Kier molecular flexibility index (Phi) is 14.1. The predicted molar refractivity (Wildman–Crippen MR) is 163 cm³/mol. The maximum absolute atomic E-state index is 13.1. The van der Waals surface area contributed by atoms with E-state index in [0.29, 0.717) is 28.8 Å². The number of alkyl halides is 3. The second-order valence-corrected chi connectivity index (χ2v) is 10.5. The van der Waals surface area contributed by atoms with E-state index in [1.54, 1.807) is 49.4 Å². The van der Waals surface area contributed by atoms with Crippen molar-refractivity contribution in [2.45, 2.75) is 38.8 Å². The Hall–Kier alpha value is -3.71. The molecule has 0 aromatic heterocycles. The van der Waals surface area contributed by atoms with E-state index in [-0.39, 0.29) is 45.0 Å². The maximum atomic E-state index is 13.1. The summed E-state index contributed by atoms with van der Waals surface area (Å²) >= 11 is 12.1. The normalized spacial score (nSPS) is 12.0. The van der Waals surface area contributed by atoms with Crippen molar-refractivity contribution in [2.75, 3.05) is 38.2 Å². The Morgan fingerprint density at radius 1 is 0.911 bits per heavy atom. The van der Waals surface area contributed by atoms with E-state index in [4.69, 9.17) is 37.4 Å². The number of carboxylic acid groups (broad SMARTS) is 1. The zero-order valence-electron chi connectivity index (χ0n) is 24.3. The van der Waals surface area contributed by atoms with E-state index in [9.17, 15) is 27.9 Å². The molecule has 2 N–H and O–H groups in total. The zero-order chi connectivity index (χ0) is 32.8. The molecule has 0 spiro atoms. The van der Waals surface area contributed by atoms with Gasteiger partial charge in [0.2, 0.25) is 0 Å². The van der Waals surface area contributed by atoms with E-state index >= 15 is 0 Å². The lowest BCUT2D eigenvalue weighted by Crippen LogP contribution is -2.39. The van der Waals surface area contributed by atoms with Gasteiger partial charge in [-0.1, -0.05) is 35.3 Å². The van der Waals surface area contributed by atoms with Crippen LogP contribution < -0.4 is 14.8 Å². The molecule has 0 fully saturated rings. The van der Waals surface area contributed by atoms with Crippen LogP contribution in [0.15, 0.2) is 66.7 Å². The predicted octanol–water partition coefficient (Wildman–Crippen LogP) is 7.44. The van der Waals surface area contributed by atoms with E-state index in [0.717, 1.165) is 23.3 Å². The van der Waals surface area contributed by atoms with E-state index < -0.39 is 30.2 Å². The van der Waals surface area contributed by atoms with Crippen LogP contribution in [0.3, 0.4) is 0 Å². The number of anilines is 1.